The molecule has 8 nitrogen and oxygen atoms in total. The second-order valence-corrected chi connectivity index (χ2v) is 5.67. The van der Waals surface area contributed by atoms with E-state index in [1.165, 1.54) is 6.20 Å². The fourth-order valence-corrected chi connectivity index (χ4v) is 2.84. The highest BCUT2D eigenvalue weighted by atomic mass is 16.5. The molecule has 1 atom stereocenters. The summed E-state index contributed by atoms with van der Waals surface area (Å²) in [5, 5.41) is 13.3. The standard InChI is InChI=1S/C17H19N3O5/c1-24-15-5-3-2-4-14(15)20-10-12(9-18-20)17(23)19-6-7-25-11-13(19)8-16(21)22/h2-5,9-10,13H,6-8,11H2,1H3,(H,21,22)/t13-/m0/s1. The molecule has 132 valence electrons. The predicted octanol–water partition coefficient (Wildman–Crippen LogP) is 1.20. The highest BCUT2D eigenvalue weighted by Gasteiger charge is 2.30. The summed E-state index contributed by atoms with van der Waals surface area (Å²) < 4.78 is 12.2. The first-order valence-electron chi connectivity index (χ1n) is 7.88. The molecular weight excluding hydrogens is 326 g/mol. The molecule has 1 saturated heterocycles. The van der Waals surface area contributed by atoms with Crippen molar-refractivity contribution in [2.75, 3.05) is 26.9 Å². The van der Waals surface area contributed by atoms with Crippen molar-refractivity contribution < 1.29 is 24.2 Å². The summed E-state index contributed by atoms with van der Waals surface area (Å²) >= 11 is 0. The number of rotatable bonds is 5. The largest absolute Gasteiger partial charge is 0.494 e. The van der Waals surface area contributed by atoms with E-state index in [0.717, 1.165) is 0 Å². The number of benzene rings is 1. The molecule has 0 saturated carbocycles. The van der Waals surface area contributed by atoms with Gasteiger partial charge in [-0.05, 0) is 12.1 Å². The summed E-state index contributed by atoms with van der Waals surface area (Å²) in [7, 11) is 1.57. The van der Waals surface area contributed by atoms with E-state index in [-0.39, 0.29) is 18.9 Å². The number of methoxy groups -OCH3 is 1. The number of carbonyl (C=O) groups excluding carboxylic acids is 1. The third-order valence-corrected chi connectivity index (χ3v) is 4.06. The molecular formula is C17H19N3O5. The normalized spacial score (nSPS) is 17.3. The summed E-state index contributed by atoms with van der Waals surface area (Å²) in [6, 6.07) is 6.87. The summed E-state index contributed by atoms with van der Waals surface area (Å²) in [6.07, 6.45) is 2.95. The second-order valence-electron chi connectivity index (χ2n) is 5.67. The number of nitrogens with zero attached hydrogens (tertiary/aromatic N) is 3. The summed E-state index contributed by atoms with van der Waals surface area (Å²) in [6.45, 7) is 0.970. The molecule has 1 aromatic carbocycles. The average molecular weight is 345 g/mol. The number of aromatic nitrogens is 2. The number of amides is 1. The first-order valence-corrected chi connectivity index (χ1v) is 7.88. The first-order chi connectivity index (χ1) is 12.1. The molecule has 1 aliphatic heterocycles. The van der Waals surface area contributed by atoms with Crippen molar-refractivity contribution in [2.45, 2.75) is 12.5 Å². The highest BCUT2D eigenvalue weighted by molar-refractivity contribution is 5.94. The molecule has 25 heavy (non-hydrogen) atoms. The van der Waals surface area contributed by atoms with Crippen molar-refractivity contribution in [1.82, 2.24) is 14.7 Å². The maximum absolute atomic E-state index is 12.8. The average Bonchev–Trinajstić information content (AvgIpc) is 3.11. The number of ether oxygens (including phenoxy) is 2. The number of carbonyl (C=O) groups is 2. The Balaban J connectivity index is 1.83. The molecule has 8 heteroatoms. The maximum Gasteiger partial charge on any atom is 0.305 e. The topological polar surface area (TPSA) is 93.9 Å². The number of aliphatic carboxylic acids is 1. The summed E-state index contributed by atoms with van der Waals surface area (Å²) in [5.74, 6) is -0.576. The summed E-state index contributed by atoms with van der Waals surface area (Å²) in [4.78, 5) is 25.3. The first kappa shape index (κ1) is 17.0. The minimum absolute atomic E-state index is 0.146. The lowest BCUT2D eigenvalue weighted by molar-refractivity contribution is -0.139. The van der Waals surface area contributed by atoms with Crippen molar-refractivity contribution in [1.29, 1.82) is 0 Å². The summed E-state index contributed by atoms with van der Waals surface area (Å²) in [5.41, 5.74) is 1.11. The molecule has 2 heterocycles. The molecule has 1 aliphatic rings. The smallest absolute Gasteiger partial charge is 0.305 e. The van der Waals surface area contributed by atoms with Gasteiger partial charge in [0.05, 0.1) is 44.5 Å². The third-order valence-electron chi connectivity index (χ3n) is 4.06. The van der Waals surface area contributed by atoms with Crippen molar-refractivity contribution in [3.8, 4) is 11.4 Å². The van der Waals surface area contributed by atoms with Crippen LogP contribution in [0.15, 0.2) is 36.7 Å². The van der Waals surface area contributed by atoms with Gasteiger partial charge >= 0.3 is 5.97 Å². The van der Waals surface area contributed by atoms with Gasteiger partial charge in [0.25, 0.3) is 5.91 Å². The van der Waals surface area contributed by atoms with Gasteiger partial charge in [0.1, 0.15) is 11.4 Å². The quantitative estimate of drug-likeness (QED) is 0.875. The van der Waals surface area contributed by atoms with Crippen LogP contribution >= 0.6 is 0 Å². The van der Waals surface area contributed by atoms with Crippen LogP contribution in [0.25, 0.3) is 5.69 Å². The van der Waals surface area contributed by atoms with Crippen molar-refractivity contribution in [3.05, 3.63) is 42.2 Å². The van der Waals surface area contributed by atoms with Crippen LogP contribution < -0.4 is 4.74 Å². The van der Waals surface area contributed by atoms with Gasteiger partial charge in [-0.15, -0.1) is 0 Å². The molecule has 0 spiro atoms. The van der Waals surface area contributed by atoms with Gasteiger partial charge in [0.2, 0.25) is 0 Å². The lowest BCUT2D eigenvalue weighted by atomic mass is 10.1. The molecule has 0 unspecified atom stereocenters. The van der Waals surface area contributed by atoms with Crippen molar-refractivity contribution in [2.24, 2.45) is 0 Å². The molecule has 0 bridgehead atoms. The zero-order chi connectivity index (χ0) is 17.8. The minimum Gasteiger partial charge on any atom is -0.494 e. The monoisotopic (exact) mass is 345 g/mol. The fraction of sp³-hybridized carbons (Fsp3) is 0.353. The Morgan fingerprint density at radius 3 is 2.96 bits per heavy atom. The Morgan fingerprint density at radius 2 is 2.20 bits per heavy atom. The Labute approximate surface area is 144 Å². The van der Waals surface area contributed by atoms with Crippen LogP contribution in [0, 0.1) is 0 Å². The van der Waals surface area contributed by atoms with E-state index in [9.17, 15) is 9.59 Å². The van der Waals surface area contributed by atoms with Gasteiger partial charge in [-0.25, -0.2) is 4.68 Å². The SMILES string of the molecule is COc1ccccc1-n1cc(C(=O)N2CCOC[C@@H]2CC(=O)O)cn1. The number of morpholine rings is 1. The molecule has 1 N–H and O–H groups in total. The highest BCUT2D eigenvalue weighted by Crippen LogP contribution is 2.22. The Morgan fingerprint density at radius 1 is 1.40 bits per heavy atom. The van der Waals surface area contributed by atoms with Crippen molar-refractivity contribution >= 4 is 11.9 Å². The lowest BCUT2D eigenvalue weighted by Gasteiger charge is -2.34. The molecule has 0 radical (unpaired) electrons. The molecule has 1 aromatic heterocycles. The van der Waals surface area contributed by atoms with Crippen LogP contribution in [0.4, 0.5) is 0 Å². The fourth-order valence-electron chi connectivity index (χ4n) is 2.84. The zero-order valence-corrected chi connectivity index (χ0v) is 13.8. The zero-order valence-electron chi connectivity index (χ0n) is 13.8. The van der Waals surface area contributed by atoms with Gasteiger partial charge in [0, 0.05) is 12.7 Å². The van der Waals surface area contributed by atoms with Crippen molar-refractivity contribution in [3.63, 3.8) is 0 Å². The van der Waals surface area contributed by atoms with Gasteiger partial charge in [-0.1, -0.05) is 12.1 Å². The second kappa shape index (κ2) is 7.35. The van der Waals surface area contributed by atoms with Crippen LogP contribution in [0.2, 0.25) is 0 Å². The van der Waals surface area contributed by atoms with Gasteiger partial charge in [0.15, 0.2) is 0 Å². The molecule has 1 amide bonds. The maximum atomic E-state index is 12.8. The molecule has 1 fully saturated rings. The number of carboxylic acids is 1. The van der Waals surface area contributed by atoms with E-state index in [0.29, 0.717) is 30.2 Å². The van der Waals surface area contributed by atoms with E-state index < -0.39 is 12.0 Å². The molecule has 2 aromatic rings. The van der Waals surface area contributed by atoms with Crippen LogP contribution in [0.5, 0.6) is 5.75 Å². The van der Waals surface area contributed by atoms with E-state index in [1.807, 2.05) is 24.3 Å². The van der Waals surface area contributed by atoms with Crippen LogP contribution in [0.3, 0.4) is 0 Å². The van der Waals surface area contributed by atoms with E-state index in [2.05, 4.69) is 5.10 Å². The minimum atomic E-state index is -0.960. The van der Waals surface area contributed by atoms with Crippen LogP contribution in [-0.4, -0.2) is 64.6 Å². The van der Waals surface area contributed by atoms with E-state index in [1.54, 1.807) is 22.9 Å². The molecule has 0 aliphatic carbocycles. The number of carboxylic acid groups (broad SMARTS) is 1. The number of para-hydroxylation sites is 2. The van der Waals surface area contributed by atoms with Crippen LogP contribution in [-0.2, 0) is 9.53 Å². The van der Waals surface area contributed by atoms with E-state index >= 15 is 0 Å². The Bertz CT molecular complexity index is 773. The van der Waals surface area contributed by atoms with Gasteiger partial charge in [-0.3, -0.25) is 9.59 Å². The number of hydrogen-bond donors (Lipinski definition) is 1. The van der Waals surface area contributed by atoms with E-state index in [4.69, 9.17) is 14.6 Å². The van der Waals surface area contributed by atoms with Gasteiger partial charge in [-0.2, -0.15) is 5.10 Å². The molecule has 3 rings (SSSR count). The Hall–Kier alpha value is -2.87. The van der Waals surface area contributed by atoms with Gasteiger partial charge < -0.3 is 19.5 Å². The lowest BCUT2D eigenvalue weighted by Crippen LogP contribution is -2.49. The third kappa shape index (κ3) is 3.63. The number of hydrogen-bond acceptors (Lipinski definition) is 5. The predicted molar refractivity (Wildman–Crippen MR) is 88.0 cm³/mol. The Kier molecular flexibility index (Phi) is 4.99. The van der Waals surface area contributed by atoms with Crippen LogP contribution in [0.1, 0.15) is 16.8 Å².